The van der Waals surface area contributed by atoms with E-state index in [0.717, 1.165) is 18.6 Å². The fraction of sp³-hybridized carbons (Fsp3) is 0.450. The van der Waals surface area contributed by atoms with Crippen molar-refractivity contribution in [2.24, 2.45) is 0 Å². The highest BCUT2D eigenvalue weighted by Crippen LogP contribution is 2.31. The van der Waals surface area contributed by atoms with Crippen molar-refractivity contribution in [1.82, 2.24) is 9.62 Å². The average Bonchev–Trinajstić information content (AvgIpc) is 3.41. The monoisotopic (exact) mass is 421 g/mol. The van der Waals surface area contributed by atoms with Gasteiger partial charge in [0, 0.05) is 18.8 Å². The van der Waals surface area contributed by atoms with Crippen molar-refractivity contribution in [2.45, 2.75) is 37.6 Å². The minimum atomic E-state index is -3.68. The molecule has 3 rings (SSSR count). The lowest BCUT2D eigenvalue weighted by atomic mass is 10.2. The van der Waals surface area contributed by atoms with Gasteiger partial charge in [0.15, 0.2) is 0 Å². The van der Waals surface area contributed by atoms with Crippen molar-refractivity contribution in [3.8, 4) is 5.75 Å². The number of rotatable bonds is 9. The summed E-state index contributed by atoms with van der Waals surface area (Å²) in [6.45, 7) is 5.10. The number of hydrogen-bond donors (Lipinski definition) is 2. The molecule has 0 spiro atoms. The molecule has 0 bridgehead atoms. The molecule has 1 aliphatic heterocycles. The van der Waals surface area contributed by atoms with Gasteiger partial charge in [-0.1, -0.05) is 0 Å². The molecule has 1 atom stereocenters. The van der Waals surface area contributed by atoms with Crippen molar-refractivity contribution in [2.75, 3.05) is 31.6 Å². The van der Waals surface area contributed by atoms with Crippen LogP contribution in [0.5, 0.6) is 5.75 Å². The van der Waals surface area contributed by atoms with Crippen molar-refractivity contribution in [3.05, 3.63) is 42.4 Å². The maximum Gasteiger partial charge on any atom is 0.246 e. The van der Waals surface area contributed by atoms with E-state index in [1.807, 2.05) is 13.0 Å². The van der Waals surface area contributed by atoms with Crippen LogP contribution in [0.15, 0.2) is 45.9 Å². The molecule has 1 fully saturated rings. The Kier molecular flexibility index (Phi) is 6.94. The minimum absolute atomic E-state index is 0.0588. The predicted octanol–water partition coefficient (Wildman–Crippen LogP) is 2.75. The first kappa shape index (κ1) is 21.4. The van der Waals surface area contributed by atoms with Crippen LogP contribution in [0, 0.1) is 0 Å². The molecule has 1 aromatic heterocycles. The number of benzene rings is 1. The Labute approximate surface area is 171 Å². The average molecular weight is 422 g/mol. The topological polar surface area (TPSA) is 101 Å². The molecule has 158 valence electrons. The Balaban J connectivity index is 1.71. The molecule has 29 heavy (non-hydrogen) atoms. The third-order valence-corrected chi connectivity index (χ3v) is 6.67. The second kappa shape index (κ2) is 9.43. The highest BCUT2D eigenvalue weighted by molar-refractivity contribution is 7.89. The Hall–Kier alpha value is -2.36. The van der Waals surface area contributed by atoms with Crippen molar-refractivity contribution < 1.29 is 22.4 Å². The molecule has 0 aliphatic carbocycles. The van der Waals surface area contributed by atoms with Gasteiger partial charge in [0.05, 0.1) is 25.5 Å². The quantitative estimate of drug-likeness (QED) is 0.646. The first-order chi connectivity index (χ1) is 13.9. The van der Waals surface area contributed by atoms with Crippen LogP contribution >= 0.6 is 0 Å². The van der Waals surface area contributed by atoms with Crippen LogP contribution in [0.1, 0.15) is 38.5 Å². The van der Waals surface area contributed by atoms with Gasteiger partial charge in [0.25, 0.3) is 0 Å². The number of furan rings is 1. The lowest BCUT2D eigenvalue weighted by Crippen LogP contribution is -2.30. The highest BCUT2D eigenvalue weighted by Gasteiger charge is 2.30. The summed E-state index contributed by atoms with van der Waals surface area (Å²) in [5, 5.41) is 5.81. The molecule has 2 aromatic rings. The molecule has 0 unspecified atom stereocenters. The second-order valence-electron chi connectivity index (χ2n) is 6.87. The maximum absolute atomic E-state index is 13.0. The molecule has 1 saturated heterocycles. The van der Waals surface area contributed by atoms with Crippen LogP contribution in [0.3, 0.4) is 0 Å². The Morgan fingerprint density at radius 1 is 1.28 bits per heavy atom. The van der Waals surface area contributed by atoms with Crippen LogP contribution in [0.25, 0.3) is 0 Å². The van der Waals surface area contributed by atoms with Gasteiger partial charge in [0.2, 0.25) is 15.9 Å². The number of nitrogens with zero attached hydrogens (tertiary/aromatic N) is 1. The van der Waals surface area contributed by atoms with E-state index < -0.39 is 10.0 Å². The van der Waals surface area contributed by atoms with Gasteiger partial charge in [-0.15, -0.1) is 0 Å². The normalized spacial score (nSPS) is 15.9. The molecule has 0 radical (unpaired) electrons. The summed E-state index contributed by atoms with van der Waals surface area (Å²) < 4.78 is 38.3. The first-order valence-electron chi connectivity index (χ1n) is 9.75. The van der Waals surface area contributed by atoms with E-state index in [9.17, 15) is 13.2 Å². The third kappa shape index (κ3) is 5.17. The summed E-state index contributed by atoms with van der Waals surface area (Å²) in [6, 6.07) is 8.19. The van der Waals surface area contributed by atoms with Crippen molar-refractivity contribution >= 4 is 21.6 Å². The van der Waals surface area contributed by atoms with E-state index in [2.05, 4.69) is 10.6 Å². The lowest BCUT2D eigenvalue weighted by molar-refractivity contribution is -0.115. The summed E-state index contributed by atoms with van der Waals surface area (Å²) in [6.07, 6.45) is 3.27. The van der Waals surface area contributed by atoms with Gasteiger partial charge < -0.3 is 14.5 Å². The fourth-order valence-electron chi connectivity index (χ4n) is 3.22. The van der Waals surface area contributed by atoms with E-state index in [0.29, 0.717) is 31.1 Å². The van der Waals surface area contributed by atoms with Gasteiger partial charge in [-0.25, -0.2) is 8.42 Å². The molecule has 2 heterocycles. The number of carbonyl (C=O) groups excluding carboxylic acids is 1. The molecular weight excluding hydrogens is 394 g/mol. The maximum atomic E-state index is 13.0. The number of ether oxygens (including phenoxy) is 1. The Morgan fingerprint density at radius 3 is 2.69 bits per heavy atom. The molecule has 1 aliphatic rings. The van der Waals surface area contributed by atoms with Gasteiger partial charge in [0.1, 0.15) is 16.4 Å². The van der Waals surface area contributed by atoms with E-state index in [4.69, 9.17) is 9.15 Å². The van der Waals surface area contributed by atoms with Gasteiger partial charge >= 0.3 is 0 Å². The summed E-state index contributed by atoms with van der Waals surface area (Å²) in [5.41, 5.74) is 0.406. The number of nitrogens with one attached hydrogen (secondary N) is 2. The fourth-order valence-corrected chi connectivity index (χ4v) is 4.89. The summed E-state index contributed by atoms with van der Waals surface area (Å²) in [5.74, 6) is 0.747. The van der Waals surface area contributed by atoms with Crippen molar-refractivity contribution in [1.29, 1.82) is 0 Å². The van der Waals surface area contributed by atoms with Gasteiger partial charge in [-0.2, -0.15) is 4.31 Å². The molecule has 8 nitrogen and oxygen atoms in total. The Bertz CT molecular complexity index is 922. The van der Waals surface area contributed by atoms with Crippen LogP contribution in [-0.4, -0.2) is 44.9 Å². The zero-order valence-electron chi connectivity index (χ0n) is 16.7. The molecular formula is C20H27N3O5S. The zero-order chi connectivity index (χ0) is 20.9. The number of anilines is 1. The first-order valence-corrected chi connectivity index (χ1v) is 11.2. The molecule has 1 aromatic carbocycles. The van der Waals surface area contributed by atoms with Crippen LogP contribution in [0.4, 0.5) is 5.69 Å². The molecule has 9 heteroatoms. The van der Waals surface area contributed by atoms with Crippen molar-refractivity contribution in [3.63, 3.8) is 0 Å². The van der Waals surface area contributed by atoms with E-state index in [-0.39, 0.29) is 23.4 Å². The molecule has 1 amide bonds. The number of carbonyl (C=O) groups is 1. The van der Waals surface area contributed by atoms with Gasteiger partial charge in [-0.3, -0.25) is 10.1 Å². The van der Waals surface area contributed by atoms with Crippen LogP contribution in [-0.2, 0) is 14.8 Å². The molecule has 2 N–H and O–H groups in total. The van der Waals surface area contributed by atoms with E-state index in [1.165, 1.54) is 10.4 Å². The highest BCUT2D eigenvalue weighted by atomic mass is 32.2. The standard InChI is InChI=1S/C20H27N3O5S/c1-3-27-18-9-8-16(13-19(18)29(25,26)23-10-4-5-11-23)22-20(24)14-21-15(2)17-7-6-12-28-17/h6-9,12-13,15,21H,3-5,10-11,14H2,1-2H3,(H,22,24)/t15-/m0/s1. The van der Waals surface area contributed by atoms with Crippen LogP contribution in [0.2, 0.25) is 0 Å². The number of hydrogen-bond acceptors (Lipinski definition) is 6. The number of sulfonamides is 1. The summed E-state index contributed by atoms with van der Waals surface area (Å²) in [7, 11) is -3.68. The van der Waals surface area contributed by atoms with E-state index >= 15 is 0 Å². The zero-order valence-corrected chi connectivity index (χ0v) is 17.5. The smallest absolute Gasteiger partial charge is 0.246 e. The molecule has 0 saturated carbocycles. The van der Waals surface area contributed by atoms with E-state index in [1.54, 1.807) is 31.4 Å². The lowest BCUT2D eigenvalue weighted by Gasteiger charge is -2.19. The third-order valence-electron chi connectivity index (χ3n) is 4.75. The second-order valence-corrected chi connectivity index (χ2v) is 8.78. The van der Waals surface area contributed by atoms with Crippen LogP contribution < -0.4 is 15.4 Å². The minimum Gasteiger partial charge on any atom is -0.492 e. The SMILES string of the molecule is CCOc1ccc(NC(=O)CN[C@@H](C)c2ccco2)cc1S(=O)(=O)N1CCCC1. The summed E-state index contributed by atoms with van der Waals surface area (Å²) >= 11 is 0. The Morgan fingerprint density at radius 2 is 2.03 bits per heavy atom. The summed E-state index contributed by atoms with van der Waals surface area (Å²) in [4.78, 5) is 12.4. The predicted molar refractivity (Wildman–Crippen MR) is 109 cm³/mol. The van der Waals surface area contributed by atoms with Gasteiger partial charge in [-0.05, 0) is 57.0 Å². The largest absolute Gasteiger partial charge is 0.492 e. The number of amides is 1.